The van der Waals surface area contributed by atoms with Crippen LogP contribution in [0.2, 0.25) is 0 Å². The fraction of sp³-hybridized carbons (Fsp3) is 0.867. The third kappa shape index (κ3) is 9.76. The minimum Gasteiger partial charge on any atom is -0.444 e. The van der Waals surface area contributed by atoms with E-state index in [1.165, 1.54) is 0 Å². The number of nitrogens with two attached hydrogens (primary N) is 1. The van der Waals surface area contributed by atoms with Crippen LogP contribution in [-0.4, -0.2) is 80.9 Å². The number of nitrogens with one attached hydrogen (secondary N) is 1. The van der Waals surface area contributed by atoms with Crippen LogP contribution in [0.4, 0.5) is 4.79 Å². The van der Waals surface area contributed by atoms with Gasteiger partial charge in [0.25, 0.3) is 0 Å². The Bertz CT molecular complexity index is 569. The maximum atomic E-state index is 12.0. The number of hydrogen-bond acceptors (Lipinski definition) is 5. The van der Waals surface area contributed by atoms with Crippen LogP contribution < -0.4 is 10.5 Å². The highest BCUT2D eigenvalue weighted by Crippen LogP contribution is 2.11. The van der Waals surface area contributed by atoms with Crippen LogP contribution in [0, 0.1) is 0 Å². The normalized spacial score (nSPS) is 16.2. The van der Waals surface area contributed by atoms with Crippen molar-refractivity contribution in [3.8, 4) is 0 Å². The lowest BCUT2D eigenvalue weighted by molar-refractivity contribution is 0.0186. The molecule has 0 bridgehead atoms. The predicted octanol–water partition coefficient (Wildman–Crippen LogP) is 0.801. The van der Waals surface area contributed by atoms with Gasteiger partial charge in [0.05, 0.1) is 5.75 Å². The van der Waals surface area contributed by atoms with Crippen LogP contribution in [0.5, 0.6) is 0 Å². The molecule has 9 nitrogen and oxygen atoms in total. The summed E-state index contributed by atoms with van der Waals surface area (Å²) in [4.78, 5) is 19.9. The fourth-order valence-electron chi connectivity index (χ4n) is 2.15. The molecule has 0 aliphatic carbocycles. The second-order valence-corrected chi connectivity index (χ2v) is 8.94. The molecule has 0 unspecified atom stereocenters. The number of sulfonamides is 1. The molecule has 1 fully saturated rings. The maximum Gasteiger partial charge on any atom is 0.410 e. The fourth-order valence-corrected chi connectivity index (χ4v) is 2.81. The third-order valence-corrected chi connectivity index (χ3v) is 4.97. The lowest BCUT2D eigenvalue weighted by Gasteiger charge is -2.36. The first-order valence-corrected chi connectivity index (χ1v) is 10.2. The Kier molecular flexibility index (Phi) is 10.8. The highest BCUT2D eigenvalue weighted by molar-refractivity contribution is 14.0. The minimum atomic E-state index is -3.16. The van der Waals surface area contributed by atoms with Gasteiger partial charge in [0.15, 0.2) is 5.96 Å². The summed E-state index contributed by atoms with van der Waals surface area (Å²) in [5.74, 6) is 0.488. The quantitative estimate of drug-likeness (QED) is 0.239. The van der Waals surface area contributed by atoms with E-state index in [9.17, 15) is 13.2 Å². The smallest absolute Gasteiger partial charge is 0.410 e. The van der Waals surface area contributed by atoms with Gasteiger partial charge in [-0.3, -0.25) is 4.99 Å². The number of carbonyl (C=O) groups excluding carboxylic acids is 1. The van der Waals surface area contributed by atoms with Gasteiger partial charge in [-0.25, -0.2) is 17.9 Å². The van der Waals surface area contributed by atoms with E-state index in [-0.39, 0.29) is 35.8 Å². The van der Waals surface area contributed by atoms with E-state index in [0.29, 0.717) is 51.6 Å². The lowest BCUT2D eigenvalue weighted by Crippen LogP contribution is -2.53. The van der Waals surface area contributed by atoms with Gasteiger partial charge in [-0.05, 0) is 34.1 Å². The number of carbonyl (C=O) groups is 1. The molecular formula is C15H32IN5O4S. The molecule has 11 heteroatoms. The molecule has 1 aliphatic heterocycles. The number of nitrogens with zero attached hydrogens (tertiary/aromatic N) is 3. The zero-order valence-electron chi connectivity index (χ0n) is 16.0. The second kappa shape index (κ2) is 11.1. The Morgan fingerprint density at radius 2 is 1.73 bits per heavy atom. The number of ether oxygens (including phenoxy) is 1. The van der Waals surface area contributed by atoms with E-state index >= 15 is 0 Å². The molecule has 3 N–H and O–H groups in total. The Balaban J connectivity index is 0.00000625. The van der Waals surface area contributed by atoms with Crippen molar-refractivity contribution in [3.63, 3.8) is 0 Å². The Labute approximate surface area is 173 Å². The van der Waals surface area contributed by atoms with Gasteiger partial charge in [-0.15, -0.1) is 24.0 Å². The summed E-state index contributed by atoms with van der Waals surface area (Å²) >= 11 is 0. The summed E-state index contributed by atoms with van der Waals surface area (Å²) in [5, 5.41) is 0. The van der Waals surface area contributed by atoms with E-state index in [0.717, 1.165) is 0 Å². The lowest BCUT2D eigenvalue weighted by atomic mass is 10.2. The molecule has 0 atom stereocenters. The van der Waals surface area contributed by atoms with Gasteiger partial charge in [0.1, 0.15) is 5.60 Å². The Hall–Kier alpha value is -0.820. The van der Waals surface area contributed by atoms with Crippen LogP contribution >= 0.6 is 24.0 Å². The molecule has 154 valence electrons. The van der Waals surface area contributed by atoms with Crippen molar-refractivity contribution in [2.24, 2.45) is 10.7 Å². The van der Waals surface area contributed by atoms with Crippen LogP contribution in [0.1, 0.15) is 34.1 Å². The van der Waals surface area contributed by atoms with E-state index < -0.39 is 15.6 Å². The molecular weight excluding hydrogens is 473 g/mol. The molecule has 0 aromatic rings. The first kappa shape index (κ1) is 25.2. The van der Waals surface area contributed by atoms with Gasteiger partial charge in [-0.2, -0.15) is 0 Å². The van der Waals surface area contributed by atoms with Crippen molar-refractivity contribution in [1.82, 2.24) is 14.5 Å². The molecule has 0 saturated carbocycles. The van der Waals surface area contributed by atoms with Crippen molar-refractivity contribution < 1.29 is 17.9 Å². The Morgan fingerprint density at radius 1 is 1.19 bits per heavy atom. The molecule has 0 spiro atoms. The molecule has 26 heavy (non-hydrogen) atoms. The minimum absolute atomic E-state index is 0. The summed E-state index contributed by atoms with van der Waals surface area (Å²) in [6.45, 7) is 10.2. The van der Waals surface area contributed by atoms with Gasteiger partial charge in [-0.1, -0.05) is 0 Å². The zero-order chi connectivity index (χ0) is 19.1. The van der Waals surface area contributed by atoms with E-state index in [4.69, 9.17) is 10.5 Å². The van der Waals surface area contributed by atoms with Gasteiger partial charge in [0.2, 0.25) is 10.0 Å². The number of halogens is 1. The summed E-state index contributed by atoms with van der Waals surface area (Å²) < 4.78 is 30.4. The topological polar surface area (TPSA) is 117 Å². The van der Waals surface area contributed by atoms with E-state index in [1.54, 1.807) is 11.8 Å². The average molecular weight is 505 g/mol. The molecule has 0 radical (unpaired) electrons. The van der Waals surface area contributed by atoms with Gasteiger partial charge < -0.3 is 20.3 Å². The largest absolute Gasteiger partial charge is 0.444 e. The van der Waals surface area contributed by atoms with Crippen LogP contribution in [-0.2, 0) is 14.8 Å². The number of hydrogen-bond donors (Lipinski definition) is 2. The number of piperazine rings is 1. The van der Waals surface area contributed by atoms with Crippen molar-refractivity contribution in [1.29, 1.82) is 0 Å². The van der Waals surface area contributed by atoms with Crippen molar-refractivity contribution in [2.45, 2.75) is 39.7 Å². The third-order valence-electron chi connectivity index (χ3n) is 3.57. The van der Waals surface area contributed by atoms with Crippen LogP contribution in [0.15, 0.2) is 4.99 Å². The molecule has 0 aromatic heterocycles. The number of amides is 1. The SMILES string of the molecule is CCS(=O)(=O)NCCCN=C(N)N1CCN(C(=O)OC(C)(C)C)CC1.I. The average Bonchev–Trinajstić information content (AvgIpc) is 2.53. The first-order chi connectivity index (χ1) is 11.5. The summed E-state index contributed by atoms with van der Waals surface area (Å²) in [6.07, 6.45) is 0.267. The van der Waals surface area contributed by atoms with Crippen LogP contribution in [0.3, 0.4) is 0 Å². The number of guanidine groups is 1. The maximum absolute atomic E-state index is 12.0. The molecule has 0 aromatic carbocycles. The first-order valence-electron chi connectivity index (χ1n) is 8.54. The Morgan fingerprint density at radius 3 is 2.23 bits per heavy atom. The van der Waals surface area contributed by atoms with Crippen LogP contribution in [0.25, 0.3) is 0 Å². The zero-order valence-corrected chi connectivity index (χ0v) is 19.2. The van der Waals surface area contributed by atoms with Crippen molar-refractivity contribution >= 4 is 46.1 Å². The summed E-state index contributed by atoms with van der Waals surface area (Å²) in [5.41, 5.74) is 5.46. The molecule has 1 aliphatic rings. The summed E-state index contributed by atoms with van der Waals surface area (Å²) in [7, 11) is -3.16. The molecule has 1 saturated heterocycles. The van der Waals surface area contributed by atoms with E-state index in [2.05, 4.69) is 9.71 Å². The highest BCUT2D eigenvalue weighted by atomic mass is 127. The molecule has 1 rings (SSSR count). The monoisotopic (exact) mass is 505 g/mol. The molecule has 1 heterocycles. The van der Waals surface area contributed by atoms with Crippen molar-refractivity contribution in [2.75, 3.05) is 45.0 Å². The molecule has 1 amide bonds. The summed E-state index contributed by atoms with van der Waals surface area (Å²) in [6, 6.07) is 0. The number of aliphatic imine (C=N–C) groups is 1. The second-order valence-electron chi connectivity index (χ2n) is 6.85. The van der Waals surface area contributed by atoms with Gasteiger partial charge >= 0.3 is 6.09 Å². The van der Waals surface area contributed by atoms with Crippen molar-refractivity contribution in [3.05, 3.63) is 0 Å². The number of rotatable bonds is 6. The van der Waals surface area contributed by atoms with E-state index in [1.807, 2.05) is 25.7 Å². The highest BCUT2D eigenvalue weighted by Gasteiger charge is 2.26. The van der Waals surface area contributed by atoms with Gasteiger partial charge in [0, 0.05) is 39.3 Å². The predicted molar refractivity (Wildman–Crippen MR) is 113 cm³/mol. The standard InChI is InChI=1S/C15H31N5O4S.HI/c1-5-25(22,23)18-8-6-7-17-13(16)19-9-11-20(12-10-19)14(21)24-15(2,3)4;/h18H,5-12H2,1-4H3,(H2,16,17);1H.